The molecule has 0 saturated heterocycles. The average molecular weight is 196 g/mol. The SMILES string of the molecule is CC(C)C(C)(C)OB(O)c1ccoc1. The van der Waals surface area contributed by atoms with Crippen molar-refractivity contribution in [1.82, 2.24) is 0 Å². The first-order valence-corrected chi connectivity index (χ1v) is 4.81. The maximum atomic E-state index is 9.71. The molecule has 0 atom stereocenters. The molecule has 1 aromatic heterocycles. The van der Waals surface area contributed by atoms with Crippen molar-refractivity contribution in [3.63, 3.8) is 0 Å². The van der Waals surface area contributed by atoms with Gasteiger partial charge in [-0.25, -0.2) is 0 Å². The third kappa shape index (κ3) is 2.62. The molecule has 0 bridgehead atoms. The fourth-order valence-corrected chi connectivity index (χ4v) is 0.907. The summed E-state index contributed by atoms with van der Waals surface area (Å²) in [5.41, 5.74) is 0.301. The molecule has 0 aliphatic rings. The molecular formula is C10H17BO3. The Morgan fingerprint density at radius 1 is 1.50 bits per heavy atom. The highest BCUT2D eigenvalue weighted by Gasteiger charge is 2.30. The highest BCUT2D eigenvalue weighted by molar-refractivity contribution is 6.59. The number of hydrogen-bond donors (Lipinski definition) is 1. The predicted molar refractivity (Wildman–Crippen MR) is 56.3 cm³/mol. The summed E-state index contributed by atoms with van der Waals surface area (Å²) in [5, 5.41) is 9.71. The molecular weight excluding hydrogens is 179 g/mol. The largest absolute Gasteiger partial charge is 0.494 e. The first-order chi connectivity index (χ1) is 6.43. The quantitative estimate of drug-likeness (QED) is 0.740. The van der Waals surface area contributed by atoms with E-state index in [0.717, 1.165) is 0 Å². The lowest BCUT2D eigenvalue weighted by Gasteiger charge is -2.31. The van der Waals surface area contributed by atoms with Crippen LogP contribution in [0.4, 0.5) is 0 Å². The lowest BCUT2D eigenvalue weighted by atomic mass is 9.79. The molecule has 0 fully saturated rings. The van der Waals surface area contributed by atoms with Gasteiger partial charge in [-0.05, 0) is 25.8 Å². The maximum absolute atomic E-state index is 9.71. The first-order valence-electron chi connectivity index (χ1n) is 4.81. The van der Waals surface area contributed by atoms with Gasteiger partial charge in [0.25, 0.3) is 0 Å². The van der Waals surface area contributed by atoms with Crippen LogP contribution in [0.1, 0.15) is 27.7 Å². The van der Waals surface area contributed by atoms with Crippen LogP contribution in [0.25, 0.3) is 0 Å². The number of hydrogen-bond acceptors (Lipinski definition) is 3. The molecule has 0 spiro atoms. The van der Waals surface area contributed by atoms with Crippen LogP contribution in [0.5, 0.6) is 0 Å². The van der Waals surface area contributed by atoms with Crippen LogP contribution in [0.3, 0.4) is 0 Å². The van der Waals surface area contributed by atoms with Crippen LogP contribution in [0.15, 0.2) is 23.0 Å². The molecule has 0 aromatic carbocycles. The van der Waals surface area contributed by atoms with Gasteiger partial charge in [0.15, 0.2) is 0 Å². The minimum absolute atomic E-state index is 0.337. The van der Waals surface area contributed by atoms with Crippen LogP contribution in [0.2, 0.25) is 0 Å². The van der Waals surface area contributed by atoms with Gasteiger partial charge in [-0.2, -0.15) is 0 Å². The minimum Gasteiger partial charge on any atom is -0.473 e. The summed E-state index contributed by atoms with van der Waals surface area (Å²) in [7, 11) is -0.911. The second-order valence-corrected chi connectivity index (χ2v) is 4.29. The van der Waals surface area contributed by atoms with Crippen molar-refractivity contribution in [2.45, 2.75) is 33.3 Å². The molecule has 0 amide bonds. The smallest absolute Gasteiger partial charge is 0.473 e. The highest BCUT2D eigenvalue weighted by Crippen LogP contribution is 2.20. The molecule has 1 heterocycles. The number of rotatable bonds is 4. The van der Waals surface area contributed by atoms with E-state index in [1.165, 1.54) is 12.5 Å². The molecule has 0 aliphatic carbocycles. The van der Waals surface area contributed by atoms with E-state index in [0.29, 0.717) is 11.4 Å². The van der Waals surface area contributed by atoms with Crippen molar-refractivity contribution in [1.29, 1.82) is 0 Å². The standard InChI is InChI=1S/C10H17BO3/c1-8(2)10(3,4)14-11(12)9-5-6-13-7-9/h5-8,12H,1-4H3. The summed E-state index contributed by atoms with van der Waals surface area (Å²) in [4.78, 5) is 0. The van der Waals surface area contributed by atoms with Gasteiger partial charge in [0.2, 0.25) is 0 Å². The summed E-state index contributed by atoms with van der Waals surface area (Å²) >= 11 is 0. The Kier molecular flexibility index (Phi) is 3.40. The molecule has 0 saturated carbocycles. The van der Waals surface area contributed by atoms with Crippen molar-refractivity contribution < 1.29 is 14.1 Å². The zero-order valence-electron chi connectivity index (χ0n) is 9.15. The van der Waals surface area contributed by atoms with Crippen molar-refractivity contribution in [2.75, 3.05) is 0 Å². The fraction of sp³-hybridized carbons (Fsp3) is 0.600. The van der Waals surface area contributed by atoms with Crippen molar-refractivity contribution in [3.05, 3.63) is 18.6 Å². The second kappa shape index (κ2) is 4.19. The van der Waals surface area contributed by atoms with E-state index in [1.807, 2.05) is 13.8 Å². The summed E-state index contributed by atoms with van der Waals surface area (Å²) < 4.78 is 10.4. The lowest BCUT2D eigenvalue weighted by Crippen LogP contribution is -2.43. The molecule has 4 heteroatoms. The molecule has 0 aliphatic heterocycles. The summed E-state index contributed by atoms with van der Waals surface area (Å²) in [6.45, 7) is 8.03. The summed E-state index contributed by atoms with van der Waals surface area (Å²) in [6.07, 6.45) is 3.01. The molecule has 0 unspecified atom stereocenters. The topological polar surface area (TPSA) is 42.6 Å². The Labute approximate surface area is 85.2 Å². The third-order valence-electron chi connectivity index (χ3n) is 2.63. The predicted octanol–water partition coefficient (Wildman–Crippen LogP) is 1.42. The van der Waals surface area contributed by atoms with E-state index >= 15 is 0 Å². The van der Waals surface area contributed by atoms with E-state index in [1.54, 1.807) is 6.07 Å². The van der Waals surface area contributed by atoms with E-state index in [-0.39, 0.29) is 5.60 Å². The average Bonchev–Trinajstić information content (AvgIpc) is 2.54. The van der Waals surface area contributed by atoms with E-state index in [2.05, 4.69) is 13.8 Å². The van der Waals surface area contributed by atoms with Crippen molar-refractivity contribution in [3.8, 4) is 0 Å². The Bertz CT molecular complexity index is 267. The normalized spacial score (nSPS) is 12.1. The van der Waals surface area contributed by atoms with Crippen LogP contribution in [0, 0.1) is 5.92 Å². The van der Waals surface area contributed by atoms with Gasteiger partial charge in [-0.3, -0.25) is 0 Å². The molecule has 1 aromatic rings. The van der Waals surface area contributed by atoms with Gasteiger partial charge in [0.05, 0.1) is 18.1 Å². The van der Waals surface area contributed by atoms with E-state index in [4.69, 9.17) is 9.07 Å². The van der Waals surface area contributed by atoms with E-state index < -0.39 is 7.12 Å². The Hall–Kier alpha value is -0.735. The van der Waals surface area contributed by atoms with Crippen LogP contribution in [-0.2, 0) is 4.65 Å². The number of furan rings is 1. The van der Waals surface area contributed by atoms with Crippen LogP contribution >= 0.6 is 0 Å². The monoisotopic (exact) mass is 196 g/mol. The van der Waals surface area contributed by atoms with E-state index in [9.17, 15) is 5.02 Å². The maximum Gasteiger partial charge on any atom is 0.494 e. The van der Waals surface area contributed by atoms with Gasteiger partial charge in [0.1, 0.15) is 0 Å². The summed E-state index contributed by atoms with van der Waals surface area (Å²) in [6, 6.07) is 1.70. The first kappa shape index (κ1) is 11.3. The van der Waals surface area contributed by atoms with Gasteiger partial charge in [0, 0.05) is 5.46 Å². The van der Waals surface area contributed by atoms with Crippen LogP contribution < -0.4 is 5.46 Å². The highest BCUT2D eigenvalue weighted by atomic mass is 16.5. The van der Waals surface area contributed by atoms with Gasteiger partial charge < -0.3 is 14.1 Å². The Morgan fingerprint density at radius 3 is 2.57 bits per heavy atom. The molecule has 0 radical (unpaired) electrons. The Balaban J connectivity index is 2.61. The summed E-state index contributed by atoms with van der Waals surface area (Å²) in [5.74, 6) is 0.337. The van der Waals surface area contributed by atoms with Crippen molar-refractivity contribution >= 4 is 12.6 Å². The zero-order chi connectivity index (χ0) is 10.8. The third-order valence-corrected chi connectivity index (χ3v) is 2.63. The minimum atomic E-state index is -0.911. The molecule has 78 valence electrons. The lowest BCUT2D eigenvalue weighted by molar-refractivity contribution is 0.0423. The molecule has 3 nitrogen and oxygen atoms in total. The van der Waals surface area contributed by atoms with Crippen molar-refractivity contribution in [2.24, 2.45) is 5.92 Å². The molecule has 14 heavy (non-hydrogen) atoms. The zero-order valence-corrected chi connectivity index (χ0v) is 9.15. The Morgan fingerprint density at radius 2 is 2.14 bits per heavy atom. The van der Waals surface area contributed by atoms with Gasteiger partial charge >= 0.3 is 7.12 Å². The fourth-order valence-electron chi connectivity index (χ4n) is 0.907. The van der Waals surface area contributed by atoms with Crippen LogP contribution in [-0.4, -0.2) is 17.7 Å². The second-order valence-electron chi connectivity index (χ2n) is 4.29. The molecule has 1 rings (SSSR count). The van der Waals surface area contributed by atoms with Gasteiger partial charge in [-0.1, -0.05) is 13.8 Å². The molecule has 1 N–H and O–H groups in total. The van der Waals surface area contributed by atoms with Gasteiger partial charge in [-0.15, -0.1) is 0 Å².